The van der Waals surface area contributed by atoms with Crippen LogP contribution in [0, 0.1) is 0 Å². The van der Waals surface area contributed by atoms with Gasteiger partial charge in [0.1, 0.15) is 5.75 Å². The molecule has 0 radical (unpaired) electrons. The average Bonchev–Trinajstić information content (AvgIpc) is 3.30. The maximum Gasteiger partial charge on any atom is 0.233 e. The molecule has 128 valence electrons. The number of aromatic nitrogens is 2. The lowest BCUT2D eigenvalue weighted by atomic mass is 10.2. The van der Waals surface area contributed by atoms with Crippen LogP contribution >= 0.6 is 34.9 Å². The molecule has 1 aromatic carbocycles. The summed E-state index contributed by atoms with van der Waals surface area (Å²) >= 11 is 4.67. The van der Waals surface area contributed by atoms with Gasteiger partial charge in [0.05, 0.1) is 12.4 Å². The summed E-state index contributed by atoms with van der Waals surface area (Å²) in [5, 5.41) is 11.3. The summed E-state index contributed by atoms with van der Waals surface area (Å²) in [6.45, 7) is 1.91. The molecule has 1 amide bonds. The van der Waals surface area contributed by atoms with E-state index in [1.54, 1.807) is 18.9 Å². The third kappa shape index (κ3) is 5.12. The first-order valence-corrected chi connectivity index (χ1v) is 10.4. The Hall–Kier alpha value is -1.25. The minimum Gasteiger partial charge on any atom is -0.497 e. The highest BCUT2D eigenvalue weighted by atomic mass is 32.2. The monoisotopic (exact) mass is 381 g/mol. The molecular formula is C16H19N3O2S3. The van der Waals surface area contributed by atoms with Gasteiger partial charge in [-0.05, 0) is 37.5 Å². The van der Waals surface area contributed by atoms with E-state index in [9.17, 15) is 4.79 Å². The van der Waals surface area contributed by atoms with E-state index in [0.29, 0.717) is 6.04 Å². The fraction of sp³-hybridized carbons (Fsp3) is 0.438. The molecule has 0 unspecified atom stereocenters. The zero-order valence-corrected chi connectivity index (χ0v) is 16.0. The molecule has 8 heteroatoms. The van der Waals surface area contributed by atoms with Crippen LogP contribution in [0.1, 0.15) is 25.3 Å². The molecule has 0 bridgehead atoms. The second-order valence-corrected chi connectivity index (χ2v) is 9.30. The lowest BCUT2D eigenvalue weighted by Crippen LogP contribution is -2.32. The minimum absolute atomic E-state index is 0.0881. The number of nitrogens with zero attached hydrogens (tertiary/aromatic N) is 2. The Morgan fingerprint density at radius 3 is 2.71 bits per heavy atom. The van der Waals surface area contributed by atoms with Crippen LogP contribution in [0.5, 0.6) is 5.75 Å². The van der Waals surface area contributed by atoms with Crippen LogP contribution in [0.25, 0.3) is 0 Å². The van der Waals surface area contributed by atoms with Crippen molar-refractivity contribution in [2.45, 2.75) is 45.5 Å². The summed E-state index contributed by atoms with van der Waals surface area (Å²) in [7, 11) is 1.66. The van der Waals surface area contributed by atoms with Crippen LogP contribution in [0.2, 0.25) is 0 Å². The zero-order chi connectivity index (χ0) is 16.9. The number of nitrogens with one attached hydrogen (secondary N) is 1. The van der Waals surface area contributed by atoms with Crippen molar-refractivity contribution in [3.63, 3.8) is 0 Å². The van der Waals surface area contributed by atoms with E-state index in [-0.39, 0.29) is 11.2 Å². The predicted molar refractivity (Wildman–Crippen MR) is 98.9 cm³/mol. The van der Waals surface area contributed by atoms with Crippen LogP contribution in [-0.2, 0) is 10.5 Å². The highest BCUT2D eigenvalue weighted by Crippen LogP contribution is 2.33. The van der Waals surface area contributed by atoms with E-state index >= 15 is 0 Å². The molecule has 3 rings (SSSR count). The molecule has 1 N–H and O–H groups in total. The van der Waals surface area contributed by atoms with Gasteiger partial charge in [-0.25, -0.2) is 0 Å². The molecule has 0 saturated heterocycles. The van der Waals surface area contributed by atoms with Gasteiger partial charge in [-0.1, -0.05) is 47.0 Å². The van der Waals surface area contributed by atoms with Crippen molar-refractivity contribution in [2.75, 3.05) is 7.11 Å². The summed E-state index contributed by atoms with van der Waals surface area (Å²) in [6, 6.07) is 8.40. The van der Waals surface area contributed by atoms with Crippen molar-refractivity contribution >= 4 is 40.8 Å². The van der Waals surface area contributed by atoms with Crippen LogP contribution in [0.4, 0.5) is 0 Å². The molecule has 2 aromatic rings. The summed E-state index contributed by atoms with van der Waals surface area (Å²) in [5.74, 6) is 1.78. The van der Waals surface area contributed by atoms with Gasteiger partial charge in [-0.15, -0.1) is 10.2 Å². The summed E-state index contributed by atoms with van der Waals surface area (Å²) < 4.78 is 6.91. The Labute approximate surface area is 154 Å². The van der Waals surface area contributed by atoms with Crippen molar-refractivity contribution in [3.8, 4) is 5.75 Å². The zero-order valence-electron chi connectivity index (χ0n) is 13.5. The van der Waals surface area contributed by atoms with Crippen LogP contribution in [0.3, 0.4) is 0 Å². The summed E-state index contributed by atoms with van der Waals surface area (Å²) in [5.41, 5.74) is 1.21. The lowest BCUT2D eigenvalue weighted by molar-refractivity contribution is -0.120. The van der Waals surface area contributed by atoms with E-state index in [2.05, 4.69) is 15.5 Å². The fourth-order valence-corrected chi connectivity index (χ4v) is 5.05. The molecular weight excluding hydrogens is 362 g/mol. The Bertz CT molecular complexity index is 686. The highest BCUT2D eigenvalue weighted by Gasteiger charge is 2.26. The number of hydrogen-bond acceptors (Lipinski definition) is 7. The van der Waals surface area contributed by atoms with Gasteiger partial charge < -0.3 is 10.1 Å². The first-order chi connectivity index (χ1) is 11.6. The van der Waals surface area contributed by atoms with Gasteiger partial charge in [0.15, 0.2) is 8.68 Å². The molecule has 1 aliphatic rings. The van der Waals surface area contributed by atoms with Crippen molar-refractivity contribution in [1.82, 2.24) is 15.5 Å². The molecule has 1 atom stereocenters. The van der Waals surface area contributed by atoms with E-state index in [1.165, 1.54) is 28.7 Å². The summed E-state index contributed by atoms with van der Waals surface area (Å²) in [4.78, 5) is 12.0. The van der Waals surface area contributed by atoms with Crippen LogP contribution in [-0.4, -0.2) is 34.5 Å². The smallest absolute Gasteiger partial charge is 0.233 e. The maximum absolute atomic E-state index is 12.0. The lowest BCUT2D eigenvalue weighted by Gasteiger charge is -2.08. The molecule has 1 fully saturated rings. The number of hydrogen-bond donors (Lipinski definition) is 1. The SMILES string of the molecule is COc1ccc(CSc2nnc(S[C@@H](C)C(=O)NC3CC3)s2)cc1. The number of benzene rings is 1. The van der Waals surface area contributed by atoms with Crippen LogP contribution in [0.15, 0.2) is 32.9 Å². The average molecular weight is 382 g/mol. The molecule has 0 aliphatic heterocycles. The largest absolute Gasteiger partial charge is 0.497 e. The van der Waals surface area contributed by atoms with E-state index in [1.807, 2.05) is 31.2 Å². The number of thioether (sulfide) groups is 2. The van der Waals surface area contributed by atoms with Gasteiger partial charge >= 0.3 is 0 Å². The highest BCUT2D eigenvalue weighted by molar-refractivity contribution is 8.03. The molecule has 1 saturated carbocycles. The first kappa shape index (κ1) is 17.6. The van der Waals surface area contributed by atoms with Gasteiger partial charge in [0.25, 0.3) is 0 Å². The normalized spacial score (nSPS) is 15.1. The number of rotatable bonds is 8. The molecule has 5 nitrogen and oxygen atoms in total. The van der Waals surface area contributed by atoms with Crippen molar-refractivity contribution in [2.24, 2.45) is 0 Å². The van der Waals surface area contributed by atoms with Crippen molar-refractivity contribution < 1.29 is 9.53 Å². The van der Waals surface area contributed by atoms with Gasteiger partial charge in [-0.3, -0.25) is 4.79 Å². The predicted octanol–water partition coefficient (Wildman–Crippen LogP) is 3.60. The quantitative estimate of drug-likeness (QED) is 0.705. The number of carbonyl (C=O) groups is 1. The molecule has 0 spiro atoms. The van der Waals surface area contributed by atoms with Gasteiger partial charge in [0.2, 0.25) is 5.91 Å². The van der Waals surface area contributed by atoms with E-state index < -0.39 is 0 Å². The number of carbonyl (C=O) groups excluding carboxylic acids is 1. The minimum atomic E-state index is -0.141. The molecule has 1 aliphatic carbocycles. The summed E-state index contributed by atoms with van der Waals surface area (Å²) in [6.07, 6.45) is 2.21. The number of methoxy groups -OCH3 is 1. The fourth-order valence-electron chi connectivity index (χ4n) is 1.92. The van der Waals surface area contributed by atoms with Gasteiger partial charge in [0, 0.05) is 11.8 Å². The Morgan fingerprint density at radius 1 is 1.33 bits per heavy atom. The number of ether oxygens (including phenoxy) is 1. The molecule has 24 heavy (non-hydrogen) atoms. The Morgan fingerprint density at radius 2 is 2.04 bits per heavy atom. The standard InChI is InChI=1S/C16H19N3O2S3/c1-10(14(20)17-12-5-6-12)23-16-19-18-15(24-16)22-9-11-3-7-13(21-2)8-4-11/h3-4,7-8,10,12H,5-6,9H2,1-2H3,(H,17,20)/t10-/m0/s1. The second kappa shape index (κ2) is 8.22. The molecule has 1 aromatic heterocycles. The third-order valence-electron chi connectivity index (χ3n) is 3.48. The Balaban J connectivity index is 1.48. The van der Waals surface area contributed by atoms with Gasteiger partial charge in [-0.2, -0.15) is 0 Å². The second-order valence-electron chi connectivity index (χ2n) is 5.51. The topological polar surface area (TPSA) is 64.1 Å². The van der Waals surface area contributed by atoms with E-state index in [4.69, 9.17) is 4.74 Å². The molecule has 1 heterocycles. The van der Waals surface area contributed by atoms with Crippen LogP contribution < -0.4 is 10.1 Å². The third-order valence-corrected chi connectivity index (χ3v) is 6.79. The van der Waals surface area contributed by atoms with Crippen molar-refractivity contribution in [1.29, 1.82) is 0 Å². The Kier molecular flexibility index (Phi) is 6.02. The van der Waals surface area contributed by atoms with Crippen molar-refractivity contribution in [3.05, 3.63) is 29.8 Å². The number of amides is 1. The maximum atomic E-state index is 12.0. The first-order valence-electron chi connectivity index (χ1n) is 7.70. The van der Waals surface area contributed by atoms with E-state index in [0.717, 1.165) is 33.0 Å².